The van der Waals surface area contributed by atoms with E-state index in [2.05, 4.69) is 10.0 Å². The number of hydrogen-bond acceptors (Lipinski definition) is 7. The number of carbonyl (C=O) groups excluding carboxylic acids is 1. The van der Waals surface area contributed by atoms with Crippen molar-refractivity contribution < 1.29 is 32.2 Å². The summed E-state index contributed by atoms with van der Waals surface area (Å²) in [6.07, 6.45) is 0.831. The Morgan fingerprint density at radius 3 is 2.31 bits per heavy atom. The highest BCUT2D eigenvalue weighted by atomic mass is 32.2. The molecule has 0 bridgehead atoms. The van der Waals surface area contributed by atoms with E-state index >= 15 is 0 Å². The molecule has 2 N–H and O–H groups in total. The lowest BCUT2D eigenvalue weighted by atomic mass is 10.1. The fourth-order valence-corrected chi connectivity index (χ4v) is 4.60. The molecule has 0 aromatic heterocycles. The quantitative estimate of drug-likeness (QED) is 0.485. The van der Waals surface area contributed by atoms with Crippen LogP contribution in [0.5, 0.6) is 23.0 Å². The monoisotopic (exact) mass is 498 g/mol. The fraction of sp³-hybridized carbons (Fsp3) is 0.240. The van der Waals surface area contributed by atoms with Gasteiger partial charge in [0, 0.05) is 35.5 Å². The van der Waals surface area contributed by atoms with Crippen LogP contribution in [0.3, 0.4) is 0 Å². The number of amides is 1. The van der Waals surface area contributed by atoms with Gasteiger partial charge >= 0.3 is 0 Å². The maximum absolute atomic E-state index is 12.8. The molecule has 1 aliphatic rings. The number of sulfonamides is 1. The molecule has 4 rings (SSSR count). The first kappa shape index (κ1) is 24.2. The molecule has 0 aliphatic carbocycles. The standard InChI is InChI=1S/C25H26N2O7S/c1-31-20-9-4-17(23(15-20)32-2)14-25(28)26-18-5-7-19(8-6-18)27-35(29,30)21-10-11-22-24(16-21)34-13-3-12-33-22/h4-11,15-16,27H,3,12-14H2,1-2H3,(H,26,28). The van der Waals surface area contributed by atoms with Crippen LogP contribution in [0.15, 0.2) is 65.6 Å². The van der Waals surface area contributed by atoms with Crippen LogP contribution >= 0.6 is 0 Å². The van der Waals surface area contributed by atoms with E-state index < -0.39 is 10.0 Å². The van der Waals surface area contributed by atoms with Crippen LogP contribution < -0.4 is 29.0 Å². The number of fused-ring (bicyclic) bond motifs is 1. The first-order valence-electron chi connectivity index (χ1n) is 10.9. The molecule has 35 heavy (non-hydrogen) atoms. The second kappa shape index (κ2) is 10.6. The third-order valence-electron chi connectivity index (χ3n) is 5.30. The van der Waals surface area contributed by atoms with Gasteiger partial charge in [0.1, 0.15) is 11.5 Å². The second-order valence-electron chi connectivity index (χ2n) is 7.74. The molecule has 3 aromatic rings. The van der Waals surface area contributed by atoms with Crippen molar-refractivity contribution in [1.29, 1.82) is 0 Å². The van der Waals surface area contributed by atoms with Gasteiger partial charge in [-0.1, -0.05) is 6.07 Å². The fourth-order valence-electron chi connectivity index (χ4n) is 3.52. The highest BCUT2D eigenvalue weighted by Crippen LogP contribution is 2.32. The Balaban J connectivity index is 1.40. The van der Waals surface area contributed by atoms with Gasteiger partial charge in [-0.25, -0.2) is 8.42 Å². The predicted octanol–water partition coefficient (Wildman–Crippen LogP) is 3.85. The Bertz CT molecular complexity index is 1310. The van der Waals surface area contributed by atoms with Crippen molar-refractivity contribution in [2.75, 3.05) is 37.5 Å². The third kappa shape index (κ3) is 5.96. The van der Waals surface area contributed by atoms with E-state index in [9.17, 15) is 13.2 Å². The molecule has 0 unspecified atom stereocenters. The van der Waals surface area contributed by atoms with Gasteiger partial charge in [-0.05, 0) is 42.5 Å². The molecule has 1 heterocycles. The van der Waals surface area contributed by atoms with Gasteiger partial charge < -0.3 is 24.3 Å². The van der Waals surface area contributed by atoms with E-state index in [1.807, 2.05) is 0 Å². The average Bonchev–Trinajstić information content (AvgIpc) is 3.10. The van der Waals surface area contributed by atoms with Crippen LogP contribution in [0, 0.1) is 0 Å². The van der Waals surface area contributed by atoms with E-state index in [-0.39, 0.29) is 17.2 Å². The summed E-state index contributed by atoms with van der Waals surface area (Å²) in [7, 11) is -0.758. The SMILES string of the molecule is COc1ccc(CC(=O)Nc2ccc(NS(=O)(=O)c3ccc4c(c3)OCCCO4)cc2)c(OC)c1. The summed E-state index contributed by atoms with van der Waals surface area (Å²) in [6, 6.07) is 16.1. The third-order valence-corrected chi connectivity index (χ3v) is 6.67. The van der Waals surface area contributed by atoms with Gasteiger partial charge in [-0.15, -0.1) is 0 Å². The zero-order valence-electron chi connectivity index (χ0n) is 19.4. The molecule has 0 fully saturated rings. The summed E-state index contributed by atoms with van der Waals surface area (Å²) in [4.78, 5) is 12.6. The molecule has 0 radical (unpaired) electrons. The van der Waals surface area contributed by atoms with E-state index in [0.717, 1.165) is 6.42 Å². The summed E-state index contributed by atoms with van der Waals surface area (Å²) in [6.45, 7) is 0.982. The van der Waals surface area contributed by atoms with E-state index in [4.69, 9.17) is 18.9 Å². The summed E-state index contributed by atoms with van der Waals surface area (Å²) in [5, 5.41) is 2.80. The molecule has 10 heteroatoms. The molecule has 0 spiro atoms. The smallest absolute Gasteiger partial charge is 0.262 e. The largest absolute Gasteiger partial charge is 0.497 e. The normalized spacial score (nSPS) is 12.9. The average molecular weight is 499 g/mol. The molecule has 3 aromatic carbocycles. The molecule has 184 valence electrons. The number of carbonyl (C=O) groups is 1. The Morgan fingerprint density at radius 2 is 1.60 bits per heavy atom. The van der Waals surface area contributed by atoms with Crippen molar-refractivity contribution >= 4 is 27.3 Å². The number of anilines is 2. The van der Waals surface area contributed by atoms with Crippen molar-refractivity contribution in [3.05, 3.63) is 66.2 Å². The zero-order chi connectivity index (χ0) is 24.8. The number of benzene rings is 3. The van der Waals surface area contributed by atoms with E-state index in [0.29, 0.717) is 53.2 Å². The predicted molar refractivity (Wildman–Crippen MR) is 131 cm³/mol. The van der Waals surface area contributed by atoms with Crippen LogP contribution in [0.2, 0.25) is 0 Å². The summed E-state index contributed by atoms with van der Waals surface area (Å²) < 4.78 is 49.9. The van der Waals surface area contributed by atoms with Crippen molar-refractivity contribution in [3.63, 3.8) is 0 Å². The maximum atomic E-state index is 12.8. The van der Waals surface area contributed by atoms with Gasteiger partial charge in [-0.2, -0.15) is 0 Å². The molecular formula is C25H26N2O7S. The minimum atomic E-state index is -3.85. The number of methoxy groups -OCH3 is 2. The molecule has 1 aliphatic heterocycles. The molecule has 9 nitrogen and oxygen atoms in total. The first-order valence-corrected chi connectivity index (χ1v) is 12.4. The maximum Gasteiger partial charge on any atom is 0.262 e. The topological polar surface area (TPSA) is 112 Å². The first-order chi connectivity index (χ1) is 16.9. The van der Waals surface area contributed by atoms with Gasteiger partial charge in [-0.3, -0.25) is 9.52 Å². The number of nitrogens with one attached hydrogen (secondary N) is 2. The number of ether oxygens (including phenoxy) is 4. The molecular weight excluding hydrogens is 472 g/mol. The molecule has 1 amide bonds. The van der Waals surface area contributed by atoms with Crippen LogP contribution in [-0.2, 0) is 21.2 Å². The summed E-state index contributed by atoms with van der Waals surface area (Å²) in [5.41, 5.74) is 1.60. The summed E-state index contributed by atoms with van der Waals surface area (Å²) in [5.74, 6) is 1.87. The molecule has 0 atom stereocenters. The summed E-state index contributed by atoms with van der Waals surface area (Å²) >= 11 is 0. The molecule has 0 saturated heterocycles. The van der Waals surface area contributed by atoms with E-state index in [1.54, 1.807) is 55.6 Å². The Kier molecular flexibility index (Phi) is 7.31. The van der Waals surface area contributed by atoms with E-state index in [1.165, 1.54) is 19.2 Å². The van der Waals surface area contributed by atoms with Crippen molar-refractivity contribution in [1.82, 2.24) is 0 Å². The Labute approximate surface area is 204 Å². The Morgan fingerprint density at radius 1 is 0.886 bits per heavy atom. The van der Waals surface area contributed by atoms with Gasteiger partial charge in [0.05, 0.1) is 38.7 Å². The highest BCUT2D eigenvalue weighted by Gasteiger charge is 2.19. The Hall–Kier alpha value is -3.92. The highest BCUT2D eigenvalue weighted by molar-refractivity contribution is 7.92. The van der Waals surface area contributed by atoms with Gasteiger partial charge in [0.25, 0.3) is 10.0 Å². The lowest BCUT2D eigenvalue weighted by molar-refractivity contribution is -0.115. The van der Waals surface area contributed by atoms with Crippen molar-refractivity contribution in [2.45, 2.75) is 17.7 Å². The van der Waals surface area contributed by atoms with Gasteiger partial charge in [0.2, 0.25) is 5.91 Å². The molecule has 0 saturated carbocycles. The minimum Gasteiger partial charge on any atom is -0.497 e. The van der Waals surface area contributed by atoms with Crippen molar-refractivity contribution in [3.8, 4) is 23.0 Å². The minimum absolute atomic E-state index is 0.0626. The second-order valence-corrected chi connectivity index (χ2v) is 9.43. The lowest BCUT2D eigenvalue weighted by Gasteiger charge is -2.12. The lowest BCUT2D eigenvalue weighted by Crippen LogP contribution is -2.15. The number of hydrogen-bond donors (Lipinski definition) is 2. The van der Waals surface area contributed by atoms with Crippen LogP contribution in [0.25, 0.3) is 0 Å². The van der Waals surface area contributed by atoms with Gasteiger partial charge in [0.15, 0.2) is 11.5 Å². The van der Waals surface area contributed by atoms with Crippen molar-refractivity contribution in [2.24, 2.45) is 0 Å². The number of rotatable bonds is 8. The zero-order valence-corrected chi connectivity index (χ0v) is 20.2. The van der Waals surface area contributed by atoms with Crippen LogP contribution in [0.4, 0.5) is 11.4 Å². The van der Waals surface area contributed by atoms with Crippen LogP contribution in [0.1, 0.15) is 12.0 Å². The van der Waals surface area contributed by atoms with Crippen LogP contribution in [-0.4, -0.2) is 41.8 Å².